The molecule has 0 heterocycles. The lowest BCUT2D eigenvalue weighted by atomic mass is 9.84. The van der Waals surface area contributed by atoms with Crippen LogP contribution in [0.2, 0.25) is 0 Å². The van der Waals surface area contributed by atoms with Crippen LogP contribution in [-0.2, 0) is 11.7 Å². The number of hydrogen-bond acceptors (Lipinski definition) is 3. The average molecular weight is 555 g/mol. The third kappa shape index (κ3) is 7.07. The molecule has 0 saturated carbocycles. The number of benzene rings is 3. The molecule has 0 unspecified atom stereocenters. The molecule has 0 bridgehead atoms. The van der Waals surface area contributed by atoms with Crippen LogP contribution in [0.15, 0.2) is 66.7 Å². The highest BCUT2D eigenvalue weighted by Gasteiger charge is 2.38. The molecule has 14 heteroatoms. The maximum absolute atomic E-state index is 13.7. The Morgan fingerprint density at radius 3 is 1.61 bits per heavy atom. The molecule has 204 valence electrons. The van der Waals surface area contributed by atoms with Gasteiger partial charge in [0.2, 0.25) is 0 Å². The van der Waals surface area contributed by atoms with Gasteiger partial charge in [0.05, 0.1) is 11.1 Å². The van der Waals surface area contributed by atoms with Crippen molar-refractivity contribution in [3.05, 3.63) is 94.8 Å². The Bertz CT molecular complexity index is 1260. The Kier molecular flexibility index (Phi) is 7.57. The van der Waals surface area contributed by atoms with Crippen molar-refractivity contribution in [2.75, 3.05) is 0 Å². The monoisotopic (exact) mass is 555 g/mol. The van der Waals surface area contributed by atoms with Gasteiger partial charge >= 0.3 is 18.9 Å². The Hall–Kier alpha value is -3.97. The molecule has 3 aromatic carbocycles. The first kappa shape index (κ1) is 28.6. The van der Waals surface area contributed by atoms with Gasteiger partial charge in [-0.1, -0.05) is 24.3 Å². The minimum absolute atomic E-state index is 0.157. The van der Waals surface area contributed by atoms with Crippen LogP contribution in [0.5, 0.6) is 11.5 Å². The smallest absolute Gasteiger partial charge is 0.406 e. The largest absolute Gasteiger partial charge is 0.573 e. The van der Waals surface area contributed by atoms with Gasteiger partial charge in [-0.15, -0.1) is 26.3 Å². The minimum atomic E-state index is -5.16. The van der Waals surface area contributed by atoms with E-state index >= 15 is 0 Å². The topological polar surface area (TPSA) is 47.6 Å². The van der Waals surface area contributed by atoms with Gasteiger partial charge in [0.15, 0.2) is 0 Å². The second-order valence-corrected chi connectivity index (χ2v) is 7.92. The van der Waals surface area contributed by atoms with Crippen molar-refractivity contribution in [2.24, 2.45) is 0 Å². The first-order chi connectivity index (χ1) is 17.4. The summed E-state index contributed by atoms with van der Waals surface area (Å²) in [6, 6.07) is 9.42. The SMILES string of the molecule is CC(NC(=O)c1ccc(F)c(C(F)(F)F)c1)(c1cccc(OC(F)(F)F)c1)c1cccc(OC(F)(F)F)c1. The molecule has 0 saturated heterocycles. The number of ether oxygens (including phenoxy) is 2. The third-order valence-corrected chi connectivity index (χ3v) is 5.19. The zero-order valence-electron chi connectivity index (χ0n) is 18.9. The molecule has 4 nitrogen and oxygen atoms in total. The molecule has 1 N–H and O–H groups in total. The van der Waals surface area contributed by atoms with Crippen molar-refractivity contribution >= 4 is 5.91 Å². The van der Waals surface area contributed by atoms with E-state index in [-0.39, 0.29) is 17.2 Å². The minimum Gasteiger partial charge on any atom is -0.406 e. The summed E-state index contributed by atoms with van der Waals surface area (Å²) < 4.78 is 137. The lowest BCUT2D eigenvalue weighted by molar-refractivity contribution is -0.275. The van der Waals surface area contributed by atoms with Gasteiger partial charge in [0, 0.05) is 5.56 Å². The first-order valence-corrected chi connectivity index (χ1v) is 10.3. The van der Waals surface area contributed by atoms with Crippen molar-refractivity contribution in [1.29, 1.82) is 0 Å². The van der Waals surface area contributed by atoms with Gasteiger partial charge in [-0.3, -0.25) is 4.79 Å². The van der Waals surface area contributed by atoms with Crippen LogP contribution in [0.3, 0.4) is 0 Å². The molecular weight excluding hydrogens is 540 g/mol. The zero-order chi connectivity index (χ0) is 28.5. The Morgan fingerprint density at radius 2 is 1.18 bits per heavy atom. The summed E-state index contributed by atoms with van der Waals surface area (Å²) in [6.45, 7) is 1.18. The lowest BCUT2D eigenvalue weighted by Gasteiger charge is -2.33. The Balaban J connectivity index is 2.12. The molecule has 3 rings (SSSR count). The third-order valence-electron chi connectivity index (χ3n) is 5.19. The van der Waals surface area contributed by atoms with E-state index in [1.54, 1.807) is 0 Å². The summed E-state index contributed by atoms with van der Waals surface area (Å²) in [5, 5.41) is 2.32. The normalized spacial score (nSPS) is 12.7. The van der Waals surface area contributed by atoms with Crippen LogP contribution < -0.4 is 14.8 Å². The van der Waals surface area contributed by atoms with Gasteiger partial charge in [-0.05, 0) is 60.5 Å². The average Bonchev–Trinajstić information content (AvgIpc) is 2.76. The number of rotatable bonds is 6. The highest BCUT2D eigenvalue weighted by Crippen LogP contribution is 2.36. The van der Waals surface area contributed by atoms with E-state index in [1.807, 2.05) is 0 Å². The molecule has 0 atom stereocenters. The summed E-state index contributed by atoms with van der Waals surface area (Å²) in [6.07, 6.45) is -15.4. The predicted molar refractivity (Wildman–Crippen MR) is 112 cm³/mol. The standard InChI is InChI=1S/C24H15F10NO3/c1-21(14-4-2-6-16(11-14)37-23(29,30)31,15-5-3-7-17(12-15)38-24(32,33)34)35-20(36)13-8-9-19(25)18(10-13)22(26,27)28/h2-12H,1H3,(H,35,36). The molecule has 0 spiro atoms. The fraction of sp³-hybridized carbons (Fsp3) is 0.208. The van der Waals surface area contributed by atoms with Crippen LogP contribution >= 0.6 is 0 Å². The van der Waals surface area contributed by atoms with Crippen LogP contribution in [0, 0.1) is 5.82 Å². The van der Waals surface area contributed by atoms with Crippen LogP contribution in [0.4, 0.5) is 43.9 Å². The van der Waals surface area contributed by atoms with Crippen molar-refractivity contribution in [1.82, 2.24) is 5.32 Å². The van der Waals surface area contributed by atoms with Crippen LogP contribution in [0.1, 0.15) is 34.0 Å². The molecule has 3 aromatic rings. The summed E-state index contributed by atoms with van der Waals surface area (Å²) in [5.74, 6) is -4.41. The fourth-order valence-electron chi connectivity index (χ4n) is 3.50. The fourth-order valence-corrected chi connectivity index (χ4v) is 3.50. The van der Waals surface area contributed by atoms with Gasteiger partial charge < -0.3 is 14.8 Å². The highest BCUT2D eigenvalue weighted by atomic mass is 19.4. The van der Waals surface area contributed by atoms with Crippen molar-refractivity contribution in [3.8, 4) is 11.5 Å². The molecule has 0 aromatic heterocycles. The van der Waals surface area contributed by atoms with E-state index in [1.165, 1.54) is 19.1 Å². The number of alkyl halides is 9. The van der Waals surface area contributed by atoms with Gasteiger partial charge in [0.1, 0.15) is 17.3 Å². The summed E-state index contributed by atoms with van der Waals surface area (Å²) in [4.78, 5) is 13.0. The van der Waals surface area contributed by atoms with E-state index in [9.17, 15) is 48.7 Å². The number of carbonyl (C=O) groups is 1. The van der Waals surface area contributed by atoms with E-state index in [0.29, 0.717) is 6.07 Å². The maximum atomic E-state index is 13.7. The molecular formula is C24H15F10NO3. The second-order valence-electron chi connectivity index (χ2n) is 7.92. The van der Waals surface area contributed by atoms with Gasteiger partial charge in [0.25, 0.3) is 5.91 Å². The number of halogens is 10. The number of carbonyl (C=O) groups excluding carboxylic acids is 1. The van der Waals surface area contributed by atoms with E-state index in [0.717, 1.165) is 42.5 Å². The summed E-state index contributed by atoms with van der Waals surface area (Å²) in [7, 11) is 0. The zero-order valence-corrected chi connectivity index (χ0v) is 18.9. The molecule has 0 aliphatic heterocycles. The predicted octanol–water partition coefficient (Wildman–Crippen LogP) is 7.34. The van der Waals surface area contributed by atoms with E-state index < -0.39 is 58.8 Å². The van der Waals surface area contributed by atoms with E-state index in [4.69, 9.17) is 0 Å². The second kappa shape index (κ2) is 10.1. The number of amides is 1. The Labute approximate surface area is 207 Å². The molecule has 0 fully saturated rings. The summed E-state index contributed by atoms with van der Waals surface area (Å²) >= 11 is 0. The maximum Gasteiger partial charge on any atom is 0.573 e. The summed E-state index contributed by atoms with van der Waals surface area (Å²) in [5.41, 5.74) is -4.71. The molecule has 1 amide bonds. The van der Waals surface area contributed by atoms with Gasteiger partial charge in [-0.2, -0.15) is 13.2 Å². The van der Waals surface area contributed by atoms with Gasteiger partial charge in [-0.25, -0.2) is 4.39 Å². The van der Waals surface area contributed by atoms with Crippen molar-refractivity contribution in [2.45, 2.75) is 31.4 Å². The Morgan fingerprint density at radius 1 is 0.711 bits per heavy atom. The van der Waals surface area contributed by atoms with Crippen molar-refractivity contribution in [3.63, 3.8) is 0 Å². The quantitative estimate of drug-likeness (QED) is 0.324. The van der Waals surface area contributed by atoms with E-state index in [2.05, 4.69) is 14.8 Å². The first-order valence-electron chi connectivity index (χ1n) is 10.3. The molecule has 0 aliphatic rings. The van der Waals surface area contributed by atoms with Crippen LogP contribution in [-0.4, -0.2) is 18.6 Å². The molecule has 0 radical (unpaired) electrons. The number of hydrogen-bond donors (Lipinski definition) is 1. The molecule has 38 heavy (non-hydrogen) atoms. The number of nitrogens with one attached hydrogen (secondary N) is 1. The van der Waals surface area contributed by atoms with Crippen molar-refractivity contribution < 1.29 is 58.2 Å². The highest BCUT2D eigenvalue weighted by molar-refractivity contribution is 5.95. The van der Waals surface area contributed by atoms with Crippen LogP contribution in [0.25, 0.3) is 0 Å². The molecule has 0 aliphatic carbocycles. The lowest BCUT2D eigenvalue weighted by Crippen LogP contribution is -2.44.